The minimum Gasteiger partial charge on any atom is -0.478 e. The summed E-state index contributed by atoms with van der Waals surface area (Å²) in [5.74, 6) is 0.255. The fourth-order valence-corrected chi connectivity index (χ4v) is 3.93. The molecule has 5 rings (SSSR count). The van der Waals surface area contributed by atoms with E-state index in [-0.39, 0.29) is 11.6 Å². The Labute approximate surface area is 178 Å². The van der Waals surface area contributed by atoms with Crippen molar-refractivity contribution in [2.75, 3.05) is 18.0 Å². The van der Waals surface area contributed by atoms with Gasteiger partial charge in [0, 0.05) is 24.3 Å². The van der Waals surface area contributed by atoms with Crippen molar-refractivity contribution in [1.82, 2.24) is 4.90 Å². The number of aromatic carboxylic acids is 1. The van der Waals surface area contributed by atoms with E-state index in [0.29, 0.717) is 36.7 Å². The first-order chi connectivity index (χ1) is 15.1. The first-order valence-electron chi connectivity index (χ1n) is 10.1. The Hall–Kier alpha value is -4.06. The number of carboxylic acid groups (broad SMARTS) is 1. The van der Waals surface area contributed by atoms with Crippen molar-refractivity contribution >= 4 is 28.5 Å². The van der Waals surface area contributed by atoms with E-state index in [1.165, 1.54) is 0 Å². The highest BCUT2D eigenvalue weighted by Gasteiger charge is 2.30. The van der Waals surface area contributed by atoms with Crippen LogP contribution in [0.15, 0.2) is 83.3 Å². The van der Waals surface area contributed by atoms with Gasteiger partial charge in [-0.2, -0.15) is 0 Å². The Balaban J connectivity index is 1.32. The van der Waals surface area contributed by atoms with E-state index in [4.69, 9.17) is 4.42 Å². The van der Waals surface area contributed by atoms with Crippen molar-refractivity contribution in [2.24, 2.45) is 0 Å². The molecular weight excluding hydrogens is 392 g/mol. The molecule has 0 bridgehead atoms. The number of anilines is 1. The zero-order valence-corrected chi connectivity index (χ0v) is 16.7. The summed E-state index contributed by atoms with van der Waals surface area (Å²) in [5, 5.41) is 11.4. The molecule has 3 aromatic carbocycles. The van der Waals surface area contributed by atoms with Crippen molar-refractivity contribution in [1.29, 1.82) is 0 Å². The van der Waals surface area contributed by atoms with Crippen molar-refractivity contribution in [3.63, 3.8) is 0 Å². The molecule has 0 atom stereocenters. The van der Waals surface area contributed by atoms with Crippen LogP contribution in [0.1, 0.15) is 16.1 Å². The maximum Gasteiger partial charge on any atom is 0.335 e. The predicted octanol–water partition coefficient (Wildman–Crippen LogP) is 5.24. The van der Waals surface area contributed by atoms with Crippen LogP contribution >= 0.6 is 0 Å². The number of urea groups is 1. The molecule has 1 aliphatic heterocycles. The van der Waals surface area contributed by atoms with Crippen LogP contribution in [0.2, 0.25) is 0 Å². The Morgan fingerprint density at radius 2 is 1.74 bits per heavy atom. The molecule has 6 nitrogen and oxygen atoms in total. The lowest BCUT2D eigenvalue weighted by molar-refractivity contribution is 0.0697. The summed E-state index contributed by atoms with van der Waals surface area (Å²) in [6.07, 6.45) is 0. The molecule has 154 valence electrons. The standard InChI is InChI=1S/C25H20N2O4/c28-24(29)20-7-3-6-19(14-20)23-11-10-22(31-23)16-26-12-13-27(25(26)30)21-9-8-17-4-1-2-5-18(17)15-21/h1-11,14-15H,12-13,16H2,(H,28,29). The summed E-state index contributed by atoms with van der Waals surface area (Å²) >= 11 is 0. The van der Waals surface area contributed by atoms with E-state index in [9.17, 15) is 14.7 Å². The van der Waals surface area contributed by atoms with Gasteiger partial charge in [-0.25, -0.2) is 9.59 Å². The molecule has 0 aliphatic carbocycles. The summed E-state index contributed by atoms with van der Waals surface area (Å²) < 4.78 is 5.91. The van der Waals surface area contributed by atoms with Crippen LogP contribution in [0.4, 0.5) is 10.5 Å². The smallest absolute Gasteiger partial charge is 0.335 e. The molecule has 4 aromatic rings. The van der Waals surface area contributed by atoms with E-state index in [0.717, 1.165) is 16.5 Å². The fourth-order valence-electron chi connectivity index (χ4n) is 3.93. The molecule has 0 radical (unpaired) electrons. The Morgan fingerprint density at radius 1 is 0.903 bits per heavy atom. The number of hydrogen-bond donors (Lipinski definition) is 1. The average Bonchev–Trinajstić information content (AvgIpc) is 3.41. The van der Waals surface area contributed by atoms with Gasteiger partial charge >= 0.3 is 12.0 Å². The zero-order chi connectivity index (χ0) is 21.4. The second-order valence-corrected chi connectivity index (χ2v) is 7.54. The third kappa shape index (κ3) is 3.64. The number of carbonyl (C=O) groups excluding carboxylic acids is 1. The van der Waals surface area contributed by atoms with Crippen LogP contribution in [-0.4, -0.2) is 35.1 Å². The quantitative estimate of drug-likeness (QED) is 0.486. The molecule has 0 spiro atoms. The maximum absolute atomic E-state index is 13.0. The summed E-state index contributed by atoms with van der Waals surface area (Å²) in [4.78, 5) is 27.7. The Morgan fingerprint density at radius 3 is 2.58 bits per heavy atom. The molecule has 6 heteroatoms. The van der Waals surface area contributed by atoms with E-state index < -0.39 is 5.97 Å². The van der Waals surface area contributed by atoms with Crippen LogP contribution < -0.4 is 4.90 Å². The van der Waals surface area contributed by atoms with Gasteiger partial charge in [0.1, 0.15) is 11.5 Å². The van der Waals surface area contributed by atoms with Gasteiger partial charge in [0.15, 0.2) is 0 Å². The SMILES string of the molecule is O=C(O)c1cccc(-c2ccc(CN3CCN(c4ccc5ccccc5c4)C3=O)o2)c1. The molecule has 1 fully saturated rings. The monoisotopic (exact) mass is 412 g/mol. The lowest BCUT2D eigenvalue weighted by atomic mass is 10.1. The van der Waals surface area contributed by atoms with Crippen LogP contribution in [0.25, 0.3) is 22.1 Å². The largest absolute Gasteiger partial charge is 0.478 e. The van der Waals surface area contributed by atoms with Crippen LogP contribution in [-0.2, 0) is 6.54 Å². The van der Waals surface area contributed by atoms with Gasteiger partial charge < -0.3 is 14.4 Å². The van der Waals surface area contributed by atoms with Crippen LogP contribution in [0, 0.1) is 0 Å². The number of amides is 2. The summed E-state index contributed by atoms with van der Waals surface area (Å²) in [6, 6.07) is 24.3. The highest BCUT2D eigenvalue weighted by Crippen LogP contribution is 2.28. The lowest BCUT2D eigenvalue weighted by Gasteiger charge is -2.18. The Kier molecular flexibility index (Phi) is 4.67. The van der Waals surface area contributed by atoms with Crippen molar-refractivity contribution in [2.45, 2.75) is 6.54 Å². The first kappa shape index (κ1) is 18.9. The molecule has 31 heavy (non-hydrogen) atoms. The number of carboxylic acids is 1. The molecule has 0 saturated carbocycles. The number of carbonyl (C=O) groups is 2. The first-order valence-corrected chi connectivity index (χ1v) is 10.1. The van der Waals surface area contributed by atoms with Gasteiger partial charge in [0.25, 0.3) is 0 Å². The zero-order valence-electron chi connectivity index (χ0n) is 16.7. The minimum atomic E-state index is -0.981. The fraction of sp³-hybridized carbons (Fsp3) is 0.120. The molecule has 1 N–H and O–H groups in total. The van der Waals surface area contributed by atoms with Gasteiger partial charge in [-0.15, -0.1) is 0 Å². The molecule has 1 saturated heterocycles. The van der Waals surface area contributed by atoms with E-state index in [1.807, 2.05) is 42.5 Å². The predicted molar refractivity (Wildman–Crippen MR) is 118 cm³/mol. The van der Waals surface area contributed by atoms with Gasteiger partial charge in [-0.1, -0.05) is 42.5 Å². The van der Waals surface area contributed by atoms with Crippen molar-refractivity contribution in [3.05, 3.63) is 90.2 Å². The van der Waals surface area contributed by atoms with Crippen molar-refractivity contribution in [3.8, 4) is 11.3 Å². The van der Waals surface area contributed by atoms with Crippen molar-refractivity contribution < 1.29 is 19.1 Å². The van der Waals surface area contributed by atoms with E-state index in [1.54, 1.807) is 40.1 Å². The second kappa shape index (κ2) is 7.65. The van der Waals surface area contributed by atoms with Gasteiger partial charge in [-0.05, 0) is 47.2 Å². The Bertz CT molecular complexity index is 1290. The highest BCUT2D eigenvalue weighted by atomic mass is 16.4. The third-order valence-corrected chi connectivity index (χ3v) is 5.54. The molecular formula is C25H20N2O4. The minimum absolute atomic E-state index is 0.0545. The van der Waals surface area contributed by atoms with E-state index >= 15 is 0 Å². The number of rotatable bonds is 5. The maximum atomic E-state index is 13.0. The number of furan rings is 1. The molecule has 2 amide bonds. The number of nitrogens with zero attached hydrogens (tertiary/aromatic N) is 2. The lowest BCUT2D eigenvalue weighted by Crippen LogP contribution is -2.31. The molecule has 1 aliphatic rings. The normalized spacial score (nSPS) is 13.9. The number of hydrogen-bond acceptors (Lipinski definition) is 3. The van der Waals surface area contributed by atoms with Gasteiger partial charge in [-0.3, -0.25) is 4.90 Å². The molecule has 1 aromatic heterocycles. The topological polar surface area (TPSA) is 74.0 Å². The van der Waals surface area contributed by atoms with Gasteiger partial charge in [0.2, 0.25) is 0 Å². The van der Waals surface area contributed by atoms with Crippen LogP contribution in [0.3, 0.4) is 0 Å². The average molecular weight is 412 g/mol. The number of fused-ring (bicyclic) bond motifs is 1. The summed E-state index contributed by atoms with van der Waals surface area (Å²) in [5.41, 5.74) is 1.78. The summed E-state index contributed by atoms with van der Waals surface area (Å²) in [6.45, 7) is 1.59. The third-order valence-electron chi connectivity index (χ3n) is 5.54. The van der Waals surface area contributed by atoms with Gasteiger partial charge in [0.05, 0.1) is 12.1 Å². The summed E-state index contributed by atoms with van der Waals surface area (Å²) in [7, 11) is 0. The van der Waals surface area contributed by atoms with Crippen LogP contribution in [0.5, 0.6) is 0 Å². The highest BCUT2D eigenvalue weighted by molar-refractivity contribution is 5.97. The molecule has 2 heterocycles. The molecule has 0 unspecified atom stereocenters. The van der Waals surface area contributed by atoms with E-state index in [2.05, 4.69) is 6.07 Å². The number of benzene rings is 3. The second-order valence-electron chi connectivity index (χ2n) is 7.54.